The lowest BCUT2D eigenvalue weighted by atomic mass is 9.90. The van der Waals surface area contributed by atoms with E-state index in [1.54, 1.807) is 0 Å². The third kappa shape index (κ3) is 2.82. The monoisotopic (exact) mass is 432 g/mol. The normalized spacial score (nSPS) is 11.5. The van der Waals surface area contributed by atoms with Gasteiger partial charge in [-0.1, -0.05) is 109 Å². The minimum absolute atomic E-state index is 0.938. The van der Waals surface area contributed by atoms with E-state index in [0.29, 0.717) is 0 Å². The SMILES string of the molecule is c1ccc(-c2cc3ccccc3c3c2nnc2c(-c4ccccc4)cc4ccccc4c23)cc1. The molecule has 158 valence electrons. The van der Waals surface area contributed by atoms with E-state index in [2.05, 4.69) is 109 Å². The number of rotatable bonds is 2. The topological polar surface area (TPSA) is 25.8 Å². The fourth-order valence-electron chi connectivity index (χ4n) is 5.16. The molecule has 0 aliphatic carbocycles. The molecule has 34 heavy (non-hydrogen) atoms. The van der Waals surface area contributed by atoms with Crippen LogP contribution in [0, 0.1) is 0 Å². The average Bonchev–Trinajstić information content (AvgIpc) is 2.92. The van der Waals surface area contributed by atoms with Gasteiger partial charge in [-0.3, -0.25) is 0 Å². The zero-order valence-corrected chi connectivity index (χ0v) is 18.4. The van der Waals surface area contributed by atoms with Crippen LogP contribution in [-0.2, 0) is 0 Å². The van der Waals surface area contributed by atoms with Gasteiger partial charge < -0.3 is 0 Å². The van der Waals surface area contributed by atoms with E-state index in [0.717, 1.165) is 44.1 Å². The molecular formula is C32H20N2. The second-order valence-electron chi connectivity index (χ2n) is 8.67. The molecule has 2 heteroatoms. The number of fused-ring (bicyclic) bond motifs is 7. The smallest absolute Gasteiger partial charge is 0.102 e. The highest BCUT2D eigenvalue weighted by atomic mass is 15.1. The first kappa shape index (κ1) is 19.0. The first-order valence-corrected chi connectivity index (χ1v) is 11.5. The van der Waals surface area contributed by atoms with Crippen molar-refractivity contribution in [2.75, 3.05) is 0 Å². The van der Waals surface area contributed by atoms with E-state index in [1.807, 2.05) is 12.1 Å². The molecule has 7 aromatic rings. The van der Waals surface area contributed by atoms with E-state index in [-0.39, 0.29) is 0 Å². The molecule has 0 unspecified atom stereocenters. The van der Waals surface area contributed by atoms with Gasteiger partial charge in [0.05, 0.1) is 0 Å². The number of benzene rings is 6. The summed E-state index contributed by atoms with van der Waals surface area (Å²) >= 11 is 0. The summed E-state index contributed by atoms with van der Waals surface area (Å²) in [6.45, 7) is 0. The number of hydrogen-bond acceptors (Lipinski definition) is 2. The first-order valence-electron chi connectivity index (χ1n) is 11.5. The Kier molecular flexibility index (Phi) is 4.18. The van der Waals surface area contributed by atoms with Crippen LogP contribution in [0.25, 0.3) is 65.6 Å². The molecular weight excluding hydrogens is 412 g/mol. The molecule has 0 saturated heterocycles. The first-order chi connectivity index (χ1) is 16.9. The lowest BCUT2D eigenvalue weighted by Crippen LogP contribution is -1.95. The largest absolute Gasteiger partial charge is 0.149 e. The molecule has 7 rings (SSSR count). The highest BCUT2D eigenvalue weighted by Crippen LogP contribution is 2.42. The van der Waals surface area contributed by atoms with Gasteiger partial charge in [-0.25, -0.2) is 0 Å². The molecule has 0 radical (unpaired) electrons. The van der Waals surface area contributed by atoms with Crippen molar-refractivity contribution in [3.05, 3.63) is 121 Å². The van der Waals surface area contributed by atoms with Gasteiger partial charge in [-0.15, -0.1) is 10.2 Å². The molecule has 2 nitrogen and oxygen atoms in total. The predicted molar refractivity (Wildman–Crippen MR) is 143 cm³/mol. The Morgan fingerprint density at radius 3 is 1.21 bits per heavy atom. The van der Waals surface area contributed by atoms with Crippen LogP contribution >= 0.6 is 0 Å². The van der Waals surface area contributed by atoms with Crippen LogP contribution in [0.15, 0.2) is 121 Å². The molecule has 0 aliphatic heterocycles. The maximum atomic E-state index is 4.88. The van der Waals surface area contributed by atoms with Gasteiger partial charge in [-0.2, -0.15) is 0 Å². The molecule has 0 N–H and O–H groups in total. The number of aromatic nitrogens is 2. The lowest BCUT2D eigenvalue weighted by Gasteiger charge is -2.15. The van der Waals surface area contributed by atoms with Crippen LogP contribution in [0.5, 0.6) is 0 Å². The second-order valence-corrected chi connectivity index (χ2v) is 8.67. The Bertz CT molecular complexity index is 1700. The van der Waals surface area contributed by atoms with Crippen molar-refractivity contribution < 1.29 is 0 Å². The lowest BCUT2D eigenvalue weighted by molar-refractivity contribution is 1.13. The number of hydrogen-bond donors (Lipinski definition) is 0. The third-order valence-corrected chi connectivity index (χ3v) is 6.71. The molecule has 0 atom stereocenters. The van der Waals surface area contributed by atoms with Gasteiger partial charge in [0.1, 0.15) is 11.0 Å². The molecule has 0 fully saturated rings. The van der Waals surface area contributed by atoms with Gasteiger partial charge in [-0.05, 0) is 44.8 Å². The highest BCUT2D eigenvalue weighted by molar-refractivity contribution is 6.29. The van der Waals surface area contributed by atoms with Crippen LogP contribution in [0.3, 0.4) is 0 Å². The summed E-state index contributed by atoms with van der Waals surface area (Å²) in [5.41, 5.74) is 6.39. The molecule has 0 bridgehead atoms. The van der Waals surface area contributed by atoms with Crippen molar-refractivity contribution in [3.8, 4) is 22.3 Å². The van der Waals surface area contributed by atoms with E-state index in [1.165, 1.54) is 21.5 Å². The minimum atomic E-state index is 0.938. The Balaban J connectivity index is 1.76. The standard InChI is InChI=1S/C32H20N2/c1-3-11-21(12-4-1)27-19-23-15-7-9-17-25(23)29-30-26-18-10-8-16-24(26)20-28(22-13-5-2-6-14-22)32(30)34-33-31(27)29/h1-20H. The van der Waals surface area contributed by atoms with Crippen LogP contribution in [0.2, 0.25) is 0 Å². The third-order valence-electron chi connectivity index (χ3n) is 6.71. The number of nitrogens with zero attached hydrogens (tertiary/aromatic N) is 2. The van der Waals surface area contributed by atoms with Gasteiger partial charge in [0.2, 0.25) is 0 Å². The molecule has 0 aliphatic rings. The predicted octanol–water partition coefficient (Wildman–Crippen LogP) is 8.42. The van der Waals surface area contributed by atoms with E-state index >= 15 is 0 Å². The molecule has 6 aromatic carbocycles. The van der Waals surface area contributed by atoms with Gasteiger partial charge in [0.25, 0.3) is 0 Å². The molecule has 0 spiro atoms. The maximum Gasteiger partial charge on any atom is 0.102 e. The van der Waals surface area contributed by atoms with Crippen molar-refractivity contribution in [3.63, 3.8) is 0 Å². The fraction of sp³-hybridized carbons (Fsp3) is 0. The summed E-state index contributed by atoms with van der Waals surface area (Å²) in [4.78, 5) is 0. The molecule has 0 amide bonds. The van der Waals surface area contributed by atoms with Crippen molar-refractivity contribution in [1.29, 1.82) is 0 Å². The summed E-state index contributed by atoms with van der Waals surface area (Å²) in [7, 11) is 0. The van der Waals surface area contributed by atoms with Crippen molar-refractivity contribution >= 4 is 43.4 Å². The Morgan fingerprint density at radius 2 is 0.765 bits per heavy atom. The zero-order valence-electron chi connectivity index (χ0n) is 18.4. The van der Waals surface area contributed by atoms with Crippen LogP contribution in [0.4, 0.5) is 0 Å². The van der Waals surface area contributed by atoms with E-state index in [4.69, 9.17) is 10.2 Å². The van der Waals surface area contributed by atoms with Crippen LogP contribution in [-0.4, -0.2) is 10.2 Å². The average molecular weight is 433 g/mol. The Morgan fingerprint density at radius 1 is 0.382 bits per heavy atom. The van der Waals surface area contributed by atoms with Gasteiger partial charge >= 0.3 is 0 Å². The van der Waals surface area contributed by atoms with Gasteiger partial charge in [0.15, 0.2) is 0 Å². The second kappa shape index (κ2) is 7.50. The van der Waals surface area contributed by atoms with Crippen molar-refractivity contribution in [2.24, 2.45) is 0 Å². The quantitative estimate of drug-likeness (QED) is 0.256. The highest BCUT2D eigenvalue weighted by Gasteiger charge is 2.18. The maximum absolute atomic E-state index is 4.88. The molecule has 1 heterocycles. The molecule has 1 aromatic heterocycles. The summed E-state index contributed by atoms with van der Waals surface area (Å²) in [6, 6.07) is 42.7. The van der Waals surface area contributed by atoms with Crippen molar-refractivity contribution in [2.45, 2.75) is 0 Å². The Hall–Kier alpha value is -4.56. The zero-order chi connectivity index (χ0) is 22.5. The van der Waals surface area contributed by atoms with E-state index < -0.39 is 0 Å². The van der Waals surface area contributed by atoms with Crippen LogP contribution in [0.1, 0.15) is 0 Å². The summed E-state index contributed by atoms with van der Waals surface area (Å²) in [5.74, 6) is 0. The minimum Gasteiger partial charge on any atom is -0.149 e. The fourth-order valence-corrected chi connectivity index (χ4v) is 5.16. The van der Waals surface area contributed by atoms with Crippen molar-refractivity contribution in [1.82, 2.24) is 10.2 Å². The summed E-state index contributed by atoms with van der Waals surface area (Å²) in [5, 5.41) is 16.9. The van der Waals surface area contributed by atoms with Crippen LogP contribution < -0.4 is 0 Å². The van der Waals surface area contributed by atoms with Gasteiger partial charge in [0, 0.05) is 21.9 Å². The summed E-state index contributed by atoms with van der Waals surface area (Å²) < 4.78 is 0. The molecule has 0 saturated carbocycles. The summed E-state index contributed by atoms with van der Waals surface area (Å²) in [6.07, 6.45) is 0. The van der Waals surface area contributed by atoms with E-state index in [9.17, 15) is 0 Å². The Labute approximate surface area is 197 Å².